The molecule has 0 saturated carbocycles. The van der Waals surface area contributed by atoms with Crippen LogP contribution in [0.5, 0.6) is 0 Å². The SMILES string of the molecule is c1ccc(CCN2CCC(c3cccc(Nc4nccs4)n3)CC2)cc1. The minimum atomic E-state index is 0.557. The number of anilines is 2. The highest BCUT2D eigenvalue weighted by Crippen LogP contribution is 2.28. The number of nitrogens with zero attached hydrogens (tertiary/aromatic N) is 3. The molecule has 1 N–H and O–H groups in total. The lowest BCUT2D eigenvalue weighted by Gasteiger charge is -2.31. The molecule has 1 fully saturated rings. The molecular formula is C21H24N4S. The molecule has 1 aliphatic heterocycles. The number of rotatable bonds is 6. The Labute approximate surface area is 158 Å². The van der Waals surface area contributed by atoms with Gasteiger partial charge in [0.25, 0.3) is 0 Å². The molecule has 3 heterocycles. The minimum absolute atomic E-state index is 0.557. The van der Waals surface area contributed by atoms with Crippen LogP contribution in [-0.4, -0.2) is 34.5 Å². The molecule has 0 atom stereocenters. The van der Waals surface area contributed by atoms with Crippen molar-refractivity contribution in [1.29, 1.82) is 0 Å². The molecule has 1 aliphatic rings. The molecule has 26 heavy (non-hydrogen) atoms. The Bertz CT molecular complexity index is 796. The van der Waals surface area contributed by atoms with Gasteiger partial charge in [-0.15, -0.1) is 11.3 Å². The fourth-order valence-electron chi connectivity index (χ4n) is 3.53. The van der Waals surface area contributed by atoms with E-state index in [1.54, 1.807) is 11.3 Å². The molecule has 4 rings (SSSR count). The quantitative estimate of drug-likeness (QED) is 0.688. The highest BCUT2D eigenvalue weighted by atomic mass is 32.1. The van der Waals surface area contributed by atoms with Crippen LogP contribution in [0.1, 0.15) is 30.0 Å². The summed E-state index contributed by atoms with van der Waals surface area (Å²) in [6.45, 7) is 3.46. The lowest BCUT2D eigenvalue weighted by molar-refractivity contribution is 0.213. The summed E-state index contributed by atoms with van der Waals surface area (Å²) < 4.78 is 0. The second-order valence-electron chi connectivity index (χ2n) is 6.76. The topological polar surface area (TPSA) is 41.0 Å². The van der Waals surface area contributed by atoms with Crippen LogP contribution < -0.4 is 5.32 Å². The Morgan fingerprint density at radius 2 is 1.88 bits per heavy atom. The molecule has 2 aromatic heterocycles. The average Bonchev–Trinajstić information content (AvgIpc) is 3.21. The highest BCUT2D eigenvalue weighted by molar-refractivity contribution is 7.13. The first-order valence-corrected chi connectivity index (χ1v) is 10.1. The number of likely N-dealkylation sites (tertiary alicyclic amines) is 1. The maximum absolute atomic E-state index is 4.83. The van der Waals surface area contributed by atoms with Crippen LogP contribution in [0.3, 0.4) is 0 Å². The summed E-state index contributed by atoms with van der Waals surface area (Å²) in [4.78, 5) is 11.7. The molecule has 3 aromatic rings. The predicted octanol–water partition coefficient (Wildman–Crippen LogP) is 4.70. The zero-order valence-electron chi connectivity index (χ0n) is 14.8. The van der Waals surface area contributed by atoms with E-state index in [4.69, 9.17) is 4.98 Å². The second kappa shape index (κ2) is 8.43. The molecule has 4 nitrogen and oxygen atoms in total. The maximum atomic E-state index is 4.83. The van der Waals surface area contributed by atoms with Crippen LogP contribution in [0.2, 0.25) is 0 Å². The first kappa shape index (κ1) is 17.2. The van der Waals surface area contributed by atoms with Gasteiger partial charge in [0.05, 0.1) is 0 Å². The Balaban J connectivity index is 1.30. The van der Waals surface area contributed by atoms with Crippen molar-refractivity contribution in [1.82, 2.24) is 14.9 Å². The van der Waals surface area contributed by atoms with Gasteiger partial charge in [0.15, 0.2) is 5.13 Å². The van der Waals surface area contributed by atoms with Crippen LogP contribution in [0.25, 0.3) is 0 Å². The predicted molar refractivity (Wildman–Crippen MR) is 108 cm³/mol. The second-order valence-corrected chi connectivity index (χ2v) is 7.66. The molecule has 5 heteroatoms. The van der Waals surface area contributed by atoms with Gasteiger partial charge in [0.1, 0.15) is 5.82 Å². The van der Waals surface area contributed by atoms with Gasteiger partial charge in [0, 0.05) is 29.7 Å². The van der Waals surface area contributed by atoms with Gasteiger partial charge in [-0.05, 0) is 50.0 Å². The number of hydrogen-bond acceptors (Lipinski definition) is 5. The summed E-state index contributed by atoms with van der Waals surface area (Å²) >= 11 is 1.59. The number of piperidine rings is 1. The number of hydrogen-bond donors (Lipinski definition) is 1. The highest BCUT2D eigenvalue weighted by Gasteiger charge is 2.21. The van der Waals surface area contributed by atoms with E-state index in [9.17, 15) is 0 Å². The van der Waals surface area contributed by atoms with E-state index in [0.717, 1.165) is 37.0 Å². The Hall–Kier alpha value is -2.24. The molecule has 0 aliphatic carbocycles. The Morgan fingerprint density at radius 1 is 1.04 bits per heavy atom. The van der Waals surface area contributed by atoms with E-state index in [1.165, 1.54) is 24.1 Å². The lowest BCUT2D eigenvalue weighted by Crippen LogP contribution is -2.34. The van der Waals surface area contributed by atoms with Gasteiger partial charge in [0.2, 0.25) is 0 Å². The summed E-state index contributed by atoms with van der Waals surface area (Å²) in [6, 6.07) is 17.0. The van der Waals surface area contributed by atoms with Crippen molar-refractivity contribution in [3.63, 3.8) is 0 Å². The normalized spacial score (nSPS) is 15.8. The number of nitrogens with one attached hydrogen (secondary N) is 1. The summed E-state index contributed by atoms with van der Waals surface area (Å²) in [5.74, 6) is 1.45. The molecule has 0 amide bonds. The van der Waals surface area contributed by atoms with E-state index in [0.29, 0.717) is 5.92 Å². The summed E-state index contributed by atoms with van der Waals surface area (Å²) in [5.41, 5.74) is 2.63. The Morgan fingerprint density at radius 3 is 2.65 bits per heavy atom. The van der Waals surface area contributed by atoms with Gasteiger partial charge in [-0.25, -0.2) is 9.97 Å². The number of aromatic nitrogens is 2. The van der Waals surface area contributed by atoms with Gasteiger partial charge in [-0.3, -0.25) is 0 Å². The molecule has 0 unspecified atom stereocenters. The fraction of sp³-hybridized carbons (Fsp3) is 0.333. The van der Waals surface area contributed by atoms with Crippen LogP contribution in [0, 0.1) is 0 Å². The van der Waals surface area contributed by atoms with Crippen molar-refractivity contribution in [3.8, 4) is 0 Å². The zero-order valence-corrected chi connectivity index (χ0v) is 15.7. The third kappa shape index (κ3) is 4.48. The van der Waals surface area contributed by atoms with Crippen LogP contribution in [-0.2, 0) is 6.42 Å². The first-order valence-electron chi connectivity index (χ1n) is 9.26. The van der Waals surface area contributed by atoms with Gasteiger partial charge < -0.3 is 10.2 Å². The Kier molecular flexibility index (Phi) is 5.57. The maximum Gasteiger partial charge on any atom is 0.188 e. The van der Waals surface area contributed by atoms with Crippen molar-refractivity contribution in [3.05, 3.63) is 71.4 Å². The van der Waals surface area contributed by atoms with E-state index >= 15 is 0 Å². The summed E-state index contributed by atoms with van der Waals surface area (Å²) in [6.07, 6.45) is 5.31. The van der Waals surface area contributed by atoms with Gasteiger partial charge >= 0.3 is 0 Å². The third-order valence-electron chi connectivity index (χ3n) is 5.00. The number of benzene rings is 1. The summed E-state index contributed by atoms with van der Waals surface area (Å²) in [5, 5.41) is 6.16. The standard InChI is InChI=1S/C21H24N4S/c1-2-5-17(6-3-1)9-13-25-14-10-18(11-15-25)19-7-4-8-20(23-19)24-21-22-12-16-26-21/h1-8,12,16,18H,9-11,13-15H2,(H,22,23,24). The minimum Gasteiger partial charge on any atom is -0.316 e. The number of thiazole rings is 1. The van der Waals surface area contributed by atoms with Crippen LogP contribution in [0.15, 0.2) is 60.1 Å². The average molecular weight is 365 g/mol. The van der Waals surface area contributed by atoms with E-state index in [-0.39, 0.29) is 0 Å². The van der Waals surface area contributed by atoms with E-state index < -0.39 is 0 Å². The summed E-state index contributed by atoms with van der Waals surface area (Å²) in [7, 11) is 0. The van der Waals surface area contributed by atoms with Crippen molar-refractivity contribution < 1.29 is 0 Å². The largest absolute Gasteiger partial charge is 0.316 e. The van der Waals surface area contributed by atoms with E-state index in [1.807, 2.05) is 17.6 Å². The van der Waals surface area contributed by atoms with Crippen molar-refractivity contribution >= 4 is 22.3 Å². The van der Waals surface area contributed by atoms with Crippen molar-refractivity contribution in [2.75, 3.05) is 25.0 Å². The van der Waals surface area contributed by atoms with Crippen LogP contribution in [0.4, 0.5) is 10.9 Å². The lowest BCUT2D eigenvalue weighted by atomic mass is 9.93. The van der Waals surface area contributed by atoms with Gasteiger partial charge in [-0.2, -0.15) is 0 Å². The molecule has 0 radical (unpaired) electrons. The van der Waals surface area contributed by atoms with Gasteiger partial charge in [-0.1, -0.05) is 36.4 Å². The number of pyridine rings is 1. The van der Waals surface area contributed by atoms with Crippen molar-refractivity contribution in [2.24, 2.45) is 0 Å². The molecule has 134 valence electrons. The molecular weight excluding hydrogens is 340 g/mol. The van der Waals surface area contributed by atoms with Crippen LogP contribution >= 0.6 is 11.3 Å². The monoisotopic (exact) mass is 364 g/mol. The van der Waals surface area contributed by atoms with Crippen molar-refractivity contribution in [2.45, 2.75) is 25.2 Å². The third-order valence-corrected chi connectivity index (χ3v) is 5.69. The molecule has 1 aromatic carbocycles. The smallest absolute Gasteiger partial charge is 0.188 e. The molecule has 0 spiro atoms. The first-order chi connectivity index (χ1) is 12.9. The molecule has 1 saturated heterocycles. The molecule has 0 bridgehead atoms. The zero-order chi connectivity index (χ0) is 17.6. The van der Waals surface area contributed by atoms with E-state index in [2.05, 4.69) is 57.7 Å². The fourth-order valence-corrected chi connectivity index (χ4v) is 4.06.